The first-order chi connectivity index (χ1) is 11.1. The fourth-order valence-electron chi connectivity index (χ4n) is 3.05. The molecule has 0 amide bonds. The number of nitrogens with one attached hydrogen (secondary N) is 1. The Bertz CT molecular complexity index is 792. The number of hydrogen-bond donors (Lipinski definition) is 1. The first kappa shape index (κ1) is 19.0. The number of rotatable bonds is 6. The van der Waals surface area contributed by atoms with Crippen molar-refractivity contribution in [3.63, 3.8) is 0 Å². The SMILES string of the molecule is CCCOc1ccc2ccccc2c1CNC1CCS(=O)(=O)C1.Cl. The van der Waals surface area contributed by atoms with Gasteiger partial charge in [0, 0.05) is 18.2 Å². The third-order valence-electron chi connectivity index (χ3n) is 4.26. The molecule has 1 fully saturated rings. The van der Waals surface area contributed by atoms with Gasteiger partial charge < -0.3 is 10.1 Å². The van der Waals surface area contributed by atoms with Crippen molar-refractivity contribution in [3.8, 4) is 5.75 Å². The van der Waals surface area contributed by atoms with Crippen LogP contribution in [0.5, 0.6) is 5.75 Å². The monoisotopic (exact) mass is 369 g/mol. The van der Waals surface area contributed by atoms with Gasteiger partial charge in [0.1, 0.15) is 5.75 Å². The zero-order chi connectivity index (χ0) is 16.3. The molecule has 0 radical (unpaired) electrons. The summed E-state index contributed by atoms with van der Waals surface area (Å²) in [6, 6.07) is 12.4. The minimum absolute atomic E-state index is 0. The smallest absolute Gasteiger partial charge is 0.151 e. The third kappa shape index (κ3) is 4.41. The Morgan fingerprint density at radius 3 is 2.71 bits per heavy atom. The number of fused-ring (bicyclic) bond motifs is 1. The molecule has 1 N–H and O–H groups in total. The van der Waals surface area contributed by atoms with Crippen LogP contribution in [0.25, 0.3) is 10.8 Å². The summed E-state index contributed by atoms with van der Waals surface area (Å²) in [5.41, 5.74) is 1.11. The fraction of sp³-hybridized carbons (Fsp3) is 0.444. The van der Waals surface area contributed by atoms with E-state index in [0.717, 1.165) is 23.1 Å². The van der Waals surface area contributed by atoms with Gasteiger partial charge in [-0.2, -0.15) is 0 Å². The lowest BCUT2D eigenvalue weighted by atomic mass is 10.0. The van der Waals surface area contributed by atoms with Crippen molar-refractivity contribution < 1.29 is 13.2 Å². The van der Waals surface area contributed by atoms with Crippen LogP contribution in [-0.2, 0) is 16.4 Å². The maximum absolute atomic E-state index is 11.6. The summed E-state index contributed by atoms with van der Waals surface area (Å²) < 4.78 is 29.1. The Kier molecular flexibility index (Phi) is 6.49. The van der Waals surface area contributed by atoms with Gasteiger partial charge in [0.15, 0.2) is 9.84 Å². The van der Waals surface area contributed by atoms with E-state index in [0.29, 0.717) is 25.3 Å². The first-order valence-electron chi connectivity index (χ1n) is 8.16. The highest BCUT2D eigenvalue weighted by Crippen LogP contribution is 2.28. The number of ether oxygens (including phenoxy) is 1. The molecular formula is C18H24ClNO3S. The second-order valence-corrected chi connectivity index (χ2v) is 8.32. The number of hydrogen-bond acceptors (Lipinski definition) is 4. The van der Waals surface area contributed by atoms with Crippen molar-refractivity contribution >= 4 is 33.0 Å². The maximum atomic E-state index is 11.6. The van der Waals surface area contributed by atoms with Crippen LogP contribution in [0.15, 0.2) is 36.4 Å². The zero-order valence-corrected chi connectivity index (χ0v) is 15.5. The lowest BCUT2D eigenvalue weighted by Gasteiger charge is -2.17. The molecule has 2 aromatic carbocycles. The molecule has 2 aromatic rings. The van der Waals surface area contributed by atoms with Crippen molar-refractivity contribution in [3.05, 3.63) is 42.0 Å². The van der Waals surface area contributed by atoms with E-state index in [4.69, 9.17) is 4.74 Å². The van der Waals surface area contributed by atoms with Crippen molar-refractivity contribution in [2.24, 2.45) is 0 Å². The van der Waals surface area contributed by atoms with Crippen LogP contribution in [0.2, 0.25) is 0 Å². The second kappa shape index (κ2) is 8.19. The van der Waals surface area contributed by atoms with Crippen LogP contribution in [0.4, 0.5) is 0 Å². The second-order valence-electron chi connectivity index (χ2n) is 6.09. The molecule has 1 aliphatic heterocycles. The molecule has 6 heteroatoms. The van der Waals surface area contributed by atoms with Crippen molar-refractivity contribution in [1.29, 1.82) is 0 Å². The minimum Gasteiger partial charge on any atom is -0.493 e. The standard InChI is InChI=1S/C18H23NO3S.ClH/c1-2-10-22-18-8-7-14-5-3-4-6-16(14)17(18)12-19-15-9-11-23(20,21)13-15;/h3-8,15,19H,2,9-13H2,1H3;1H. The van der Waals surface area contributed by atoms with Crippen LogP contribution < -0.4 is 10.1 Å². The van der Waals surface area contributed by atoms with E-state index in [1.54, 1.807) is 0 Å². The maximum Gasteiger partial charge on any atom is 0.151 e. The predicted octanol–water partition coefficient (Wildman–Crippen LogP) is 3.33. The topological polar surface area (TPSA) is 55.4 Å². The van der Waals surface area contributed by atoms with E-state index in [1.165, 1.54) is 5.39 Å². The Morgan fingerprint density at radius 2 is 2.00 bits per heavy atom. The molecule has 4 nitrogen and oxygen atoms in total. The van der Waals surface area contributed by atoms with Gasteiger partial charge in [-0.3, -0.25) is 0 Å². The summed E-state index contributed by atoms with van der Waals surface area (Å²) in [6.07, 6.45) is 1.65. The lowest BCUT2D eigenvalue weighted by Crippen LogP contribution is -2.29. The molecule has 0 spiro atoms. The molecule has 0 bridgehead atoms. The summed E-state index contributed by atoms with van der Waals surface area (Å²) in [5.74, 6) is 1.42. The largest absolute Gasteiger partial charge is 0.493 e. The summed E-state index contributed by atoms with van der Waals surface area (Å²) in [7, 11) is -2.86. The highest BCUT2D eigenvalue weighted by molar-refractivity contribution is 7.91. The molecule has 0 aliphatic carbocycles. The van der Waals surface area contributed by atoms with Gasteiger partial charge in [-0.05, 0) is 29.7 Å². The fourth-order valence-corrected chi connectivity index (χ4v) is 4.76. The quantitative estimate of drug-likeness (QED) is 0.848. The first-order valence-corrected chi connectivity index (χ1v) is 9.98. The van der Waals surface area contributed by atoms with Gasteiger partial charge in [0.25, 0.3) is 0 Å². The van der Waals surface area contributed by atoms with E-state index in [9.17, 15) is 8.42 Å². The van der Waals surface area contributed by atoms with Gasteiger partial charge in [-0.25, -0.2) is 8.42 Å². The Morgan fingerprint density at radius 1 is 1.21 bits per heavy atom. The molecule has 1 unspecified atom stereocenters. The van der Waals surface area contributed by atoms with E-state index in [2.05, 4.69) is 30.4 Å². The normalized spacial score (nSPS) is 19.1. The zero-order valence-electron chi connectivity index (χ0n) is 13.8. The molecule has 3 rings (SSSR count). The van der Waals surface area contributed by atoms with E-state index in [1.807, 2.05) is 18.2 Å². The van der Waals surface area contributed by atoms with Crippen LogP contribution >= 0.6 is 12.4 Å². The van der Waals surface area contributed by atoms with Crippen LogP contribution in [0, 0.1) is 0 Å². The van der Waals surface area contributed by atoms with Crippen molar-refractivity contribution in [2.75, 3.05) is 18.1 Å². The molecule has 0 aromatic heterocycles. The van der Waals surface area contributed by atoms with Gasteiger partial charge in [-0.15, -0.1) is 12.4 Å². The van der Waals surface area contributed by atoms with Crippen LogP contribution in [0.3, 0.4) is 0 Å². The molecule has 1 aliphatic rings. The lowest BCUT2D eigenvalue weighted by molar-refractivity contribution is 0.313. The van der Waals surface area contributed by atoms with Gasteiger partial charge in [0.05, 0.1) is 18.1 Å². The summed E-state index contributed by atoms with van der Waals surface area (Å²) >= 11 is 0. The molecule has 1 atom stereocenters. The van der Waals surface area contributed by atoms with Gasteiger partial charge >= 0.3 is 0 Å². The van der Waals surface area contributed by atoms with Crippen LogP contribution in [-0.4, -0.2) is 32.6 Å². The van der Waals surface area contributed by atoms with Crippen molar-refractivity contribution in [1.82, 2.24) is 5.32 Å². The molecule has 24 heavy (non-hydrogen) atoms. The Hall–Kier alpha value is -1.30. The highest BCUT2D eigenvalue weighted by atomic mass is 35.5. The van der Waals surface area contributed by atoms with Gasteiger partial charge in [0.2, 0.25) is 0 Å². The van der Waals surface area contributed by atoms with Crippen LogP contribution in [0.1, 0.15) is 25.3 Å². The molecule has 1 saturated heterocycles. The molecule has 132 valence electrons. The average molecular weight is 370 g/mol. The van der Waals surface area contributed by atoms with E-state index in [-0.39, 0.29) is 24.2 Å². The summed E-state index contributed by atoms with van der Waals surface area (Å²) in [4.78, 5) is 0. The number of benzene rings is 2. The summed E-state index contributed by atoms with van der Waals surface area (Å²) in [6.45, 7) is 3.39. The van der Waals surface area contributed by atoms with E-state index >= 15 is 0 Å². The van der Waals surface area contributed by atoms with E-state index < -0.39 is 9.84 Å². The minimum atomic E-state index is -2.86. The predicted molar refractivity (Wildman–Crippen MR) is 101 cm³/mol. The Labute approximate surface area is 149 Å². The number of sulfone groups is 1. The summed E-state index contributed by atoms with van der Waals surface area (Å²) in [5, 5.41) is 5.74. The number of halogens is 1. The highest BCUT2D eigenvalue weighted by Gasteiger charge is 2.27. The average Bonchev–Trinajstić information content (AvgIpc) is 2.90. The molecule has 1 heterocycles. The van der Waals surface area contributed by atoms with Crippen molar-refractivity contribution in [2.45, 2.75) is 32.4 Å². The van der Waals surface area contributed by atoms with Gasteiger partial charge in [-0.1, -0.05) is 37.3 Å². The molecular weight excluding hydrogens is 346 g/mol. The Balaban J connectivity index is 0.00000208. The third-order valence-corrected chi connectivity index (χ3v) is 6.03. The molecule has 0 saturated carbocycles.